The zero-order chi connectivity index (χ0) is 14.6. The van der Waals surface area contributed by atoms with Gasteiger partial charge in [-0.15, -0.1) is 0 Å². The van der Waals surface area contributed by atoms with Crippen molar-refractivity contribution in [3.63, 3.8) is 0 Å². The predicted octanol–water partition coefficient (Wildman–Crippen LogP) is 3.63. The molecule has 3 nitrogen and oxygen atoms in total. The van der Waals surface area contributed by atoms with Crippen LogP contribution in [0.4, 0.5) is 0 Å². The first-order chi connectivity index (χ1) is 9.44. The van der Waals surface area contributed by atoms with Gasteiger partial charge in [0.1, 0.15) is 5.75 Å². The lowest BCUT2D eigenvalue weighted by molar-refractivity contribution is 0.475. The van der Waals surface area contributed by atoms with Gasteiger partial charge >= 0.3 is 0 Å². The molecule has 2 aromatic rings. The highest BCUT2D eigenvalue weighted by molar-refractivity contribution is 7.93. The van der Waals surface area contributed by atoms with E-state index in [1.165, 1.54) is 23.6 Å². The monoisotopic (exact) mass is 308 g/mol. The Labute approximate surface area is 123 Å². The van der Waals surface area contributed by atoms with Crippen molar-refractivity contribution in [1.82, 2.24) is 0 Å². The van der Waals surface area contributed by atoms with Gasteiger partial charge in [-0.05, 0) is 41.5 Å². The zero-order valence-electron chi connectivity index (χ0n) is 10.5. The molecule has 0 unspecified atom stereocenters. The second-order valence-electron chi connectivity index (χ2n) is 4.33. The van der Waals surface area contributed by atoms with E-state index < -0.39 is 9.84 Å². The minimum absolute atomic E-state index is 0.0707. The molecule has 2 aromatic carbocycles. The molecule has 0 aliphatic rings. The van der Waals surface area contributed by atoms with Gasteiger partial charge in [0.2, 0.25) is 0 Å². The lowest BCUT2D eigenvalue weighted by Gasteiger charge is -2.00. The molecule has 1 N–H and O–H groups in total. The normalized spacial score (nSPS) is 11.8. The van der Waals surface area contributed by atoms with Crippen molar-refractivity contribution in [2.24, 2.45) is 0 Å². The third kappa shape index (κ3) is 4.40. The fraction of sp³-hybridized carbons (Fsp3) is 0.0667. The summed E-state index contributed by atoms with van der Waals surface area (Å²) in [5.41, 5.74) is 1.40. The van der Waals surface area contributed by atoms with Crippen LogP contribution in [0, 0.1) is 0 Å². The first-order valence-corrected chi connectivity index (χ1v) is 7.98. The number of hydrogen-bond acceptors (Lipinski definition) is 3. The van der Waals surface area contributed by atoms with Crippen LogP contribution in [0.1, 0.15) is 11.1 Å². The molecule has 0 amide bonds. The van der Waals surface area contributed by atoms with Crippen molar-refractivity contribution in [3.8, 4) is 5.75 Å². The van der Waals surface area contributed by atoms with E-state index in [0.29, 0.717) is 16.1 Å². The summed E-state index contributed by atoms with van der Waals surface area (Å²) < 4.78 is 23.9. The maximum absolute atomic E-state index is 12.0. The van der Waals surface area contributed by atoms with Crippen LogP contribution in [0.3, 0.4) is 0 Å². The van der Waals surface area contributed by atoms with Crippen LogP contribution in [0.25, 0.3) is 6.08 Å². The summed E-state index contributed by atoms with van der Waals surface area (Å²) in [7, 11) is -3.34. The lowest BCUT2D eigenvalue weighted by Crippen LogP contribution is -1.99. The number of rotatable bonds is 4. The largest absolute Gasteiger partial charge is 0.508 e. The van der Waals surface area contributed by atoms with Gasteiger partial charge in [0.25, 0.3) is 0 Å². The number of halogens is 1. The smallest absolute Gasteiger partial charge is 0.175 e. The van der Waals surface area contributed by atoms with E-state index in [1.54, 1.807) is 36.4 Å². The molecule has 20 heavy (non-hydrogen) atoms. The molecule has 104 valence electrons. The molecule has 0 aliphatic heterocycles. The summed E-state index contributed by atoms with van der Waals surface area (Å²) in [6, 6.07) is 13.0. The molecule has 0 spiro atoms. The van der Waals surface area contributed by atoms with Crippen LogP contribution < -0.4 is 0 Å². The van der Waals surface area contributed by atoms with Crippen molar-refractivity contribution < 1.29 is 13.5 Å². The van der Waals surface area contributed by atoms with E-state index in [0.717, 1.165) is 0 Å². The van der Waals surface area contributed by atoms with Crippen LogP contribution in [0.2, 0.25) is 5.02 Å². The third-order valence-corrected chi connectivity index (χ3v) is 4.18. The van der Waals surface area contributed by atoms with Gasteiger partial charge in [0.15, 0.2) is 9.84 Å². The van der Waals surface area contributed by atoms with Crippen molar-refractivity contribution in [3.05, 3.63) is 70.1 Å². The van der Waals surface area contributed by atoms with E-state index in [2.05, 4.69) is 0 Å². The van der Waals surface area contributed by atoms with Crippen LogP contribution in [-0.2, 0) is 15.6 Å². The van der Waals surface area contributed by atoms with E-state index in [-0.39, 0.29) is 11.5 Å². The number of phenolic OH excluding ortho intramolecular Hbond substituents is 1. The predicted molar refractivity (Wildman–Crippen MR) is 81.2 cm³/mol. The Hall–Kier alpha value is -1.78. The summed E-state index contributed by atoms with van der Waals surface area (Å²) >= 11 is 5.75. The molecule has 0 aliphatic carbocycles. The molecule has 0 radical (unpaired) electrons. The van der Waals surface area contributed by atoms with Gasteiger partial charge in [-0.3, -0.25) is 0 Å². The van der Waals surface area contributed by atoms with Crippen LogP contribution >= 0.6 is 11.6 Å². The van der Waals surface area contributed by atoms with Crippen molar-refractivity contribution >= 4 is 27.5 Å². The molecule has 0 saturated heterocycles. The second-order valence-corrected chi connectivity index (χ2v) is 6.65. The lowest BCUT2D eigenvalue weighted by atomic mass is 10.2. The topological polar surface area (TPSA) is 54.4 Å². The summed E-state index contributed by atoms with van der Waals surface area (Å²) in [6.07, 6.45) is 1.50. The molecule has 0 saturated carbocycles. The van der Waals surface area contributed by atoms with Crippen LogP contribution in [0.5, 0.6) is 5.75 Å². The number of benzene rings is 2. The van der Waals surface area contributed by atoms with Gasteiger partial charge in [-0.1, -0.05) is 35.9 Å². The molecule has 5 heteroatoms. The Morgan fingerprint density at radius 2 is 1.60 bits per heavy atom. The maximum Gasteiger partial charge on any atom is 0.175 e. The van der Waals surface area contributed by atoms with Gasteiger partial charge in [0, 0.05) is 10.4 Å². The Kier molecular flexibility index (Phi) is 4.47. The van der Waals surface area contributed by atoms with Gasteiger partial charge in [-0.25, -0.2) is 8.42 Å². The molecule has 0 bridgehead atoms. The van der Waals surface area contributed by atoms with Gasteiger partial charge in [-0.2, -0.15) is 0 Å². The van der Waals surface area contributed by atoms with Crippen LogP contribution in [0.15, 0.2) is 53.9 Å². The molecule has 0 aromatic heterocycles. The molecule has 0 fully saturated rings. The van der Waals surface area contributed by atoms with Crippen molar-refractivity contribution in [2.45, 2.75) is 5.75 Å². The highest BCUT2D eigenvalue weighted by atomic mass is 35.5. The fourth-order valence-corrected chi connectivity index (χ4v) is 2.87. The van der Waals surface area contributed by atoms with E-state index in [1.807, 2.05) is 0 Å². The highest BCUT2D eigenvalue weighted by Gasteiger charge is 2.07. The summed E-state index contributed by atoms with van der Waals surface area (Å²) in [5.74, 6) is 0.0739. The maximum atomic E-state index is 12.0. The van der Waals surface area contributed by atoms with Crippen molar-refractivity contribution in [2.75, 3.05) is 0 Å². The number of hydrogen-bond donors (Lipinski definition) is 1. The molecule has 0 heterocycles. The molecule has 2 rings (SSSR count). The Bertz CT molecular complexity index is 702. The minimum Gasteiger partial charge on any atom is -0.508 e. The summed E-state index contributed by atoms with van der Waals surface area (Å²) in [5, 5.41) is 10.9. The standard InChI is InChI=1S/C15H13ClO3S/c16-14-5-1-13(2-6-14)11-20(18,19)10-9-12-3-7-15(17)8-4-12/h1-10,17H,11H2. The summed E-state index contributed by atoms with van der Waals surface area (Å²) in [4.78, 5) is 0. The third-order valence-electron chi connectivity index (χ3n) is 2.64. The highest BCUT2D eigenvalue weighted by Crippen LogP contribution is 2.15. The number of aromatic hydroxyl groups is 1. The summed E-state index contributed by atoms with van der Waals surface area (Å²) in [6.45, 7) is 0. The average Bonchev–Trinajstić information content (AvgIpc) is 2.41. The van der Waals surface area contributed by atoms with Crippen LogP contribution in [-0.4, -0.2) is 13.5 Å². The van der Waals surface area contributed by atoms with Crippen molar-refractivity contribution in [1.29, 1.82) is 0 Å². The second kappa shape index (κ2) is 6.11. The first kappa shape index (κ1) is 14.6. The Morgan fingerprint density at radius 1 is 1.00 bits per heavy atom. The SMILES string of the molecule is O=S(=O)(C=Cc1ccc(O)cc1)Cc1ccc(Cl)cc1. The van der Waals surface area contributed by atoms with E-state index >= 15 is 0 Å². The zero-order valence-corrected chi connectivity index (χ0v) is 12.1. The van der Waals surface area contributed by atoms with Gasteiger partial charge in [0.05, 0.1) is 5.75 Å². The average molecular weight is 309 g/mol. The number of sulfone groups is 1. The number of phenols is 1. The molecule has 0 atom stereocenters. The first-order valence-electron chi connectivity index (χ1n) is 5.89. The fourth-order valence-electron chi connectivity index (χ4n) is 1.63. The van der Waals surface area contributed by atoms with E-state index in [9.17, 15) is 8.42 Å². The Morgan fingerprint density at radius 3 is 2.20 bits per heavy atom. The quantitative estimate of drug-likeness (QED) is 0.938. The van der Waals surface area contributed by atoms with Gasteiger partial charge < -0.3 is 5.11 Å². The molecular weight excluding hydrogens is 296 g/mol. The Balaban J connectivity index is 2.11. The van der Waals surface area contributed by atoms with E-state index in [4.69, 9.17) is 16.7 Å². The molecular formula is C15H13ClO3S. The minimum atomic E-state index is -3.34.